The lowest BCUT2D eigenvalue weighted by molar-refractivity contribution is 0.781. The van der Waals surface area contributed by atoms with Crippen LogP contribution in [0.25, 0.3) is 4.98 Å². The third kappa shape index (κ3) is 3.90. The van der Waals surface area contributed by atoms with Gasteiger partial charge in [0, 0.05) is 11.4 Å². The minimum absolute atomic E-state index is 0.395. The molecule has 0 radical (unpaired) electrons. The van der Waals surface area contributed by atoms with Crippen molar-refractivity contribution in [1.29, 1.82) is 0 Å². The molecule has 1 aromatic carbocycles. The Labute approximate surface area is 176 Å². The van der Waals surface area contributed by atoms with Gasteiger partial charge in [-0.3, -0.25) is 8.69 Å². The van der Waals surface area contributed by atoms with E-state index in [2.05, 4.69) is 87.1 Å². The van der Waals surface area contributed by atoms with Gasteiger partial charge in [0.15, 0.2) is 0 Å². The van der Waals surface area contributed by atoms with Crippen LogP contribution in [0.15, 0.2) is 30.3 Å². The normalized spacial score (nSPS) is 12.2. The lowest BCUT2D eigenvalue weighted by Gasteiger charge is -2.46. The summed E-state index contributed by atoms with van der Waals surface area (Å²) in [5.41, 5.74) is 7.98. The molecule has 0 N–H and O–H groups in total. The number of aryl methyl sites for hydroxylation is 4. The van der Waals surface area contributed by atoms with Crippen molar-refractivity contribution in [3.05, 3.63) is 69.2 Å². The summed E-state index contributed by atoms with van der Waals surface area (Å²) < 4.78 is 4.28. The molecule has 0 atom stereocenters. The van der Waals surface area contributed by atoms with Crippen LogP contribution in [0.5, 0.6) is 0 Å². The van der Waals surface area contributed by atoms with Crippen molar-refractivity contribution < 1.29 is 0 Å². The van der Waals surface area contributed by atoms with E-state index in [0.29, 0.717) is 11.8 Å². The van der Waals surface area contributed by atoms with Gasteiger partial charge < -0.3 is 4.98 Å². The predicted molar refractivity (Wildman–Crippen MR) is 123 cm³/mol. The van der Waals surface area contributed by atoms with E-state index in [4.69, 9.17) is 15.2 Å². The third-order valence-electron chi connectivity index (χ3n) is 5.49. The van der Waals surface area contributed by atoms with Gasteiger partial charge in [0.2, 0.25) is 8.56 Å². The van der Waals surface area contributed by atoms with E-state index in [9.17, 15) is 0 Å². The fraction of sp³-hybridized carbons (Fsp3) is 0.478. The van der Waals surface area contributed by atoms with Crippen molar-refractivity contribution in [1.82, 2.24) is 18.9 Å². The smallest absolute Gasteiger partial charge is 0.224 e. The van der Waals surface area contributed by atoms with E-state index in [-0.39, 0.29) is 0 Å². The van der Waals surface area contributed by atoms with E-state index in [1.54, 1.807) is 0 Å². The summed E-state index contributed by atoms with van der Waals surface area (Å²) in [7, 11) is -2.71. The van der Waals surface area contributed by atoms with Gasteiger partial charge in [0.25, 0.3) is 0 Å². The van der Waals surface area contributed by atoms with Gasteiger partial charge >= 0.3 is 0 Å². The summed E-state index contributed by atoms with van der Waals surface area (Å²) in [5, 5.41) is 9.76. The molecule has 2 heterocycles. The Bertz CT molecular complexity index is 940. The summed E-state index contributed by atoms with van der Waals surface area (Å²) in [6, 6.07) is 10.8. The monoisotopic (exact) mass is 408 g/mol. The maximum Gasteiger partial charge on any atom is 0.224 e. The molecule has 0 fully saturated rings. The topological polar surface area (TPSA) is 49.7 Å². The highest BCUT2D eigenvalue weighted by Crippen LogP contribution is 2.41. The van der Waals surface area contributed by atoms with E-state index < -0.39 is 8.56 Å². The highest BCUT2D eigenvalue weighted by molar-refractivity contribution is 6.81. The average Bonchev–Trinajstić information content (AvgIpc) is 3.15. The van der Waals surface area contributed by atoms with Crippen molar-refractivity contribution in [2.45, 2.75) is 73.8 Å². The SMILES string of the molecule is Cc1cc(C)n([Si](C)([N-]c2c(C(C)C)cccc2C(C)C)n2nc(C)cc2C)n1. The first-order valence-electron chi connectivity index (χ1n) is 10.5. The quantitative estimate of drug-likeness (QED) is 0.454. The first-order valence-corrected chi connectivity index (χ1v) is 12.8. The molecule has 0 amide bonds. The second-order valence-corrected chi connectivity index (χ2v) is 11.9. The molecule has 2 aromatic heterocycles. The lowest BCUT2D eigenvalue weighted by Crippen LogP contribution is -2.50. The zero-order chi connectivity index (χ0) is 21.5. The number of hydrogen-bond acceptors (Lipinski definition) is 2. The molecular weight excluding hydrogens is 374 g/mol. The van der Waals surface area contributed by atoms with E-state index in [1.807, 2.05) is 13.8 Å². The molecule has 5 nitrogen and oxygen atoms in total. The maximum atomic E-state index is 5.56. The van der Waals surface area contributed by atoms with Gasteiger partial charge in [0.05, 0.1) is 11.4 Å². The summed E-state index contributed by atoms with van der Waals surface area (Å²) in [6.45, 7) is 19.5. The summed E-state index contributed by atoms with van der Waals surface area (Å²) in [5.74, 6) is 0.790. The molecule has 0 spiro atoms. The van der Waals surface area contributed by atoms with Gasteiger partial charge in [-0.15, -0.1) is 5.69 Å². The van der Waals surface area contributed by atoms with Crippen molar-refractivity contribution >= 4 is 14.2 Å². The number of nitrogens with zero attached hydrogens (tertiary/aromatic N) is 5. The fourth-order valence-corrected chi connectivity index (χ4v) is 7.36. The standard InChI is InChI=1S/C23H34N5Si/c1-15(2)21-11-10-12-22(16(3)4)23(21)26-29(9,27-19(7)13-17(5)24-27)28-20(8)14-18(6)25-28/h10-16H,1-9H3/q-1. The molecule has 0 saturated carbocycles. The molecule has 0 aliphatic heterocycles. The van der Waals surface area contributed by atoms with Crippen LogP contribution in [-0.2, 0) is 0 Å². The fourth-order valence-electron chi connectivity index (χ4n) is 4.15. The first kappa shape index (κ1) is 21.4. The molecule has 0 aliphatic carbocycles. The molecule has 6 heteroatoms. The highest BCUT2D eigenvalue weighted by Gasteiger charge is 2.29. The highest BCUT2D eigenvalue weighted by atomic mass is 28.4. The first-order chi connectivity index (χ1) is 13.5. The second kappa shape index (κ2) is 7.82. The predicted octanol–water partition coefficient (Wildman–Crippen LogP) is 6.23. The van der Waals surface area contributed by atoms with E-state index in [0.717, 1.165) is 28.5 Å². The van der Waals surface area contributed by atoms with Crippen LogP contribution in [0.1, 0.15) is 73.4 Å². The molecule has 156 valence electrons. The summed E-state index contributed by atoms with van der Waals surface area (Å²) >= 11 is 0. The van der Waals surface area contributed by atoms with Crippen LogP contribution >= 0.6 is 0 Å². The van der Waals surface area contributed by atoms with Crippen molar-refractivity contribution in [2.75, 3.05) is 0 Å². The van der Waals surface area contributed by atoms with Crippen molar-refractivity contribution in [3.8, 4) is 0 Å². The zero-order valence-electron chi connectivity index (χ0n) is 19.3. The number of aromatic nitrogens is 4. The van der Waals surface area contributed by atoms with Gasteiger partial charge in [-0.1, -0.05) is 57.0 Å². The molecule has 0 unspecified atom stereocenters. The van der Waals surface area contributed by atoms with Gasteiger partial charge in [0.1, 0.15) is 0 Å². The molecular formula is C23H34N5Si-. The number of benzene rings is 1. The van der Waals surface area contributed by atoms with Crippen molar-refractivity contribution in [2.24, 2.45) is 0 Å². The largest absolute Gasteiger partial charge is 0.650 e. The Morgan fingerprint density at radius 3 is 1.52 bits per heavy atom. The minimum atomic E-state index is -2.71. The molecule has 0 bridgehead atoms. The molecule has 3 rings (SSSR count). The van der Waals surface area contributed by atoms with Crippen LogP contribution < -0.4 is 0 Å². The number of hydrogen-bond donors (Lipinski definition) is 0. The van der Waals surface area contributed by atoms with E-state index in [1.165, 1.54) is 11.1 Å². The van der Waals surface area contributed by atoms with Crippen LogP contribution in [0.4, 0.5) is 5.69 Å². The Balaban J connectivity index is 2.28. The van der Waals surface area contributed by atoms with Crippen LogP contribution in [0.3, 0.4) is 0 Å². The lowest BCUT2D eigenvalue weighted by atomic mass is 9.93. The molecule has 3 aromatic rings. The minimum Gasteiger partial charge on any atom is -0.650 e. The third-order valence-corrected chi connectivity index (χ3v) is 8.65. The van der Waals surface area contributed by atoms with Gasteiger partial charge in [-0.05, 0) is 58.2 Å². The Kier molecular flexibility index (Phi) is 5.76. The van der Waals surface area contributed by atoms with Crippen LogP contribution in [0, 0.1) is 27.7 Å². The van der Waals surface area contributed by atoms with Gasteiger partial charge in [-0.25, -0.2) is 0 Å². The van der Waals surface area contributed by atoms with E-state index >= 15 is 0 Å². The molecule has 29 heavy (non-hydrogen) atoms. The Morgan fingerprint density at radius 2 is 1.21 bits per heavy atom. The molecule has 0 saturated heterocycles. The Morgan fingerprint density at radius 1 is 0.793 bits per heavy atom. The summed E-state index contributed by atoms with van der Waals surface area (Å²) in [6.07, 6.45) is 0. The van der Waals surface area contributed by atoms with Gasteiger partial charge in [-0.2, -0.15) is 10.2 Å². The number of rotatable bonds is 6. The maximum absolute atomic E-state index is 5.56. The van der Waals surface area contributed by atoms with Crippen LogP contribution in [-0.4, -0.2) is 27.5 Å². The molecule has 0 aliphatic rings. The van der Waals surface area contributed by atoms with Crippen LogP contribution in [0.2, 0.25) is 6.55 Å². The van der Waals surface area contributed by atoms with Crippen molar-refractivity contribution in [3.63, 3.8) is 0 Å². The zero-order valence-corrected chi connectivity index (χ0v) is 20.3. The average molecular weight is 409 g/mol. The second-order valence-electron chi connectivity index (χ2n) is 8.85. The Hall–Kier alpha value is -2.34. The summed E-state index contributed by atoms with van der Waals surface area (Å²) in [4.78, 5) is 5.56.